The topological polar surface area (TPSA) is 31.9 Å². The second kappa shape index (κ2) is 3.23. The summed E-state index contributed by atoms with van der Waals surface area (Å²) in [4.78, 5) is 8.05. The average molecular weight is 233 g/mol. The van der Waals surface area contributed by atoms with Gasteiger partial charge in [-0.1, -0.05) is 0 Å². The van der Waals surface area contributed by atoms with E-state index in [9.17, 15) is 13.2 Å². The van der Waals surface area contributed by atoms with E-state index in [1.165, 1.54) is 0 Å². The summed E-state index contributed by atoms with van der Waals surface area (Å²) in [6.07, 6.45) is -4.38. The van der Waals surface area contributed by atoms with Crippen LogP contribution in [0.4, 0.5) is 13.2 Å². The van der Waals surface area contributed by atoms with Crippen LogP contribution in [0.2, 0.25) is 0 Å². The fourth-order valence-corrected chi connectivity index (χ4v) is 1.74. The largest absolute Gasteiger partial charge is 0.449 e. The van der Waals surface area contributed by atoms with Crippen molar-refractivity contribution in [3.63, 3.8) is 0 Å². The second-order valence-corrected chi connectivity index (χ2v) is 5.04. The van der Waals surface area contributed by atoms with Crippen molar-refractivity contribution in [1.29, 1.82) is 0 Å². The van der Waals surface area contributed by atoms with Crippen LogP contribution >= 0.6 is 0 Å². The summed E-state index contributed by atoms with van der Waals surface area (Å²) in [5.74, 6) is -0.883. The highest BCUT2D eigenvalue weighted by Gasteiger charge is 2.38. The molecule has 1 aliphatic rings. The number of aromatic nitrogens is 2. The molecule has 3 nitrogen and oxygen atoms in total. The molecule has 1 N–H and O–H groups in total. The third kappa shape index (κ3) is 1.93. The van der Waals surface area contributed by atoms with Crippen LogP contribution in [0.1, 0.15) is 38.0 Å². The van der Waals surface area contributed by atoms with Crippen molar-refractivity contribution >= 4 is 0 Å². The van der Waals surface area contributed by atoms with Crippen LogP contribution in [0.3, 0.4) is 0 Å². The van der Waals surface area contributed by atoms with E-state index < -0.39 is 12.0 Å². The van der Waals surface area contributed by atoms with Gasteiger partial charge in [0.15, 0.2) is 0 Å². The molecule has 6 heteroatoms. The zero-order valence-corrected chi connectivity index (χ0v) is 9.44. The third-order valence-electron chi connectivity index (χ3n) is 2.77. The summed E-state index contributed by atoms with van der Waals surface area (Å²) >= 11 is 0. The lowest BCUT2D eigenvalue weighted by atomic mass is 10.1. The van der Waals surface area contributed by atoms with Gasteiger partial charge in [-0.05, 0) is 20.8 Å². The van der Waals surface area contributed by atoms with Gasteiger partial charge in [-0.2, -0.15) is 13.2 Å². The predicted molar refractivity (Wildman–Crippen MR) is 52.6 cm³/mol. The lowest BCUT2D eigenvalue weighted by Gasteiger charge is -2.31. The first-order chi connectivity index (χ1) is 7.18. The minimum atomic E-state index is -4.38. The van der Waals surface area contributed by atoms with Crippen LogP contribution in [0.15, 0.2) is 0 Å². The number of alkyl halides is 3. The molecule has 0 saturated carbocycles. The number of hydrogen-bond acceptors (Lipinski definition) is 2. The molecule has 0 unspecified atom stereocenters. The van der Waals surface area contributed by atoms with E-state index in [4.69, 9.17) is 0 Å². The van der Waals surface area contributed by atoms with Gasteiger partial charge in [-0.25, -0.2) is 4.98 Å². The first-order valence-corrected chi connectivity index (χ1v) is 5.08. The molecular formula is C10H14F3N3. The van der Waals surface area contributed by atoms with Crippen LogP contribution in [0.5, 0.6) is 0 Å². The Balaban J connectivity index is 2.21. The zero-order chi connectivity index (χ0) is 12.1. The molecule has 2 rings (SSSR count). The molecule has 0 aliphatic carbocycles. The lowest BCUT2D eigenvalue weighted by Crippen LogP contribution is -2.37. The first kappa shape index (κ1) is 11.4. The van der Waals surface area contributed by atoms with Crippen LogP contribution in [-0.4, -0.2) is 20.4 Å². The Morgan fingerprint density at radius 1 is 1.19 bits per heavy atom. The molecule has 90 valence electrons. The summed E-state index contributed by atoms with van der Waals surface area (Å²) in [6, 6.07) is 0. The first-order valence-electron chi connectivity index (χ1n) is 5.08. The Kier molecular flexibility index (Phi) is 2.31. The molecule has 1 aliphatic heterocycles. The molecule has 0 atom stereocenters. The average Bonchev–Trinajstić information content (AvgIpc) is 2.53. The Hall–Kier alpha value is -1.04. The smallest absolute Gasteiger partial charge is 0.337 e. The fraction of sp³-hybridized carbons (Fsp3) is 0.700. The number of nitrogens with one attached hydrogen (secondary N) is 1. The summed E-state index contributed by atoms with van der Waals surface area (Å²) in [5, 5.41) is 0. The number of fused-ring (bicyclic) bond motifs is 1. The summed E-state index contributed by atoms with van der Waals surface area (Å²) in [5.41, 5.74) is 1.05. The highest BCUT2D eigenvalue weighted by atomic mass is 19.4. The van der Waals surface area contributed by atoms with E-state index in [1.54, 1.807) is 0 Å². The summed E-state index contributed by atoms with van der Waals surface area (Å²) < 4.78 is 37.1. The van der Waals surface area contributed by atoms with Crippen LogP contribution < -0.4 is 0 Å². The molecular weight excluding hydrogens is 219 g/mol. The van der Waals surface area contributed by atoms with Crippen molar-refractivity contribution in [3.05, 3.63) is 17.2 Å². The van der Waals surface area contributed by atoms with E-state index in [1.807, 2.05) is 20.8 Å². The molecule has 0 saturated heterocycles. The minimum absolute atomic E-state index is 0.0556. The number of hydrogen-bond donors (Lipinski definition) is 1. The molecule has 0 fully saturated rings. The number of nitrogens with zero attached hydrogens (tertiary/aromatic N) is 2. The summed E-state index contributed by atoms with van der Waals surface area (Å²) in [6.45, 7) is 7.07. The molecule has 0 radical (unpaired) electrons. The zero-order valence-electron chi connectivity index (χ0n) is 9.44. The number of imidazole rings is 1. The number of halogens is 3. The van der Waals surface area contributed by atoms with Crippen molar-refractivity contribution in [1.82, 2.24) is 14.9 Å². The molecule has 0 aromatic carbocycles. The Labute approximate surface area is 91.7 Å². The molecule has 1 aromatic heterocycles. The van der Waals surface area contributed by atoms with Crippen LogP contribution in [0.25, 0.3) is 0 Å². The van der Waals surface area contributed by atoms with Crippen molar-refractivity contribution < 1.29 is 13.2 Å². The highest BCUT2D eigenvalue weighted by Crippen LogP contribution is 2.32. The van der Waals surface area contributed by atoms with Gasteiger partial charge in [0.25, 0.3) is 0 Å². The van der Waals surface area contributed by atoms with Gasteiger partial charge in [0.05, 0.1) is 11.4 Å². The maximum absolute atomic E-state index is 12.4. The van der Waals surface area contributed by atoms with Crippen molar-refractivity contribution in [2.45, 2.75) is 45.6 Å². The van der Waals surface area contributed by atoms with Crippen molar-refractivity contribution in [3.8, 4) is 0 Å². The Morgan fingerprint density at radius 2 is 1.81 bits per heavy atom. The quantitative estimate of drug-likeness (QED) is 0.746. The standard InChI is InChI=1S/C10H14F3N3/c1-9(2,3)16-4-6-7(5-16)15-8(14-6)10(11,12)13/h4-5H2,1-3H3,(H,14,15). The van der Waals surface area contributed by atoms with E-state index >= 15 is 0 Å². The van der Waals surface area contributed by atoms with Crippen LogP contribution in [-0.2, 0) is 19.3 Å². The molecule has 2 heterocycles. The van der Waals surface area contributed by atoms with Gasteiger partial charge in [0.1, 0.15) is 0 Å². The van der Waals surface area contributed by atoms with Gasteiger partial charge in [-0.15, -0.1) is 0 Å². The summed E-state index contributed by atoms with van der Waals surface area (Å²) in [7, 11) is 0. The molecule has 0 spiro atoms. The van der Waals surface area contributed by atoms with Gasteiger partial charge >= 0.3 is 6.18 Å². The van der Waals surface area contributed by atoms with E-state index in [2.05, 4.69) is 14.9 Å². The molecule has 0 amide bonds. The van der Waals surface area contributed by atoms with Crippen molar-refractivity contribution in [2.75, 3.05) is 0 Å². The maximum Gasteiger partial charge on any atom is 0.449 e. The Bertz CT molecular complexity index is 377. The second-order valence-electron chi connectivity index (χ2n) is 5.04. The number of aromatic amines is 1. The maximum atomic E-state index is 12.4. The molecule has 16 heavy (non-hydrogen) atoms. The molecule has 1 aromatic rings. The highest BCUT2D eigenvalue weighted by molar-refractivity contribution is 5.21. The SMILES string of the molecule is CC(C)(C)N1Cc2nc(C(F)(F)F)[nH]c2C1. The minimum Gasteiger partial charge on any atom is -0.337 e. The van der Waals surface area contributed by atoms with Gasteiger partial charge in [0, 0.05) is 18.6 Å². The lowest BCUT2D eigenvalue weighted by molar-refractivity contribution is -0.144. The number of rotatable bonds is 0. The monoisotopic (exact) mass is 233 g/mol. The van der Waals surface area contributed by atoms with Gasteiger partial charge in [0.2, 0.25) is 5.82 Å². The van der Waals surface area contributed by atoms with Crippen molar-refractivity contribution in [2.24, 2.45) is 0 Å². The fourth-order valence-electron chi connectivity index (χ4n) is 1.74. The van der Waals surface area contributed by atoms with Gasteiger partial charge in [-0.3, -0.25) is 4.90 Å². The Morgan fingerprint density at radius 3 is 2.25 bits per heavy atom. The predicted octanol–water partition coefficient (Wildman–Crippen LogP) is 2.54. The molecule has 0 bridgehead atoms. The van der Waals surface area contributed by atoms with E-state index in [0.29, 0.717) is 24.5 Å². The van der Waals surface area contributed by atoms with E-state index in [0.717, 1.165) is 0 Å². The van der Waals surface area contributed by atoms with Crippen LogP contribution in [0, 0.1) is 0 Å². The third-order valence-corrected chi connectivity index (χ3v) is 2.77. The van der Waals surface area contributed by atoms with Gasteiger partial charge < -0.3 is 4.98 Å². The number of H-pyrrole nitrogens is 1. The normalized spacial score (nSPS) is 17.9. The van der Waals surface area contributed by atoms with E-state index in [-0.39, 0.29) is 5.54 Å².